The largest absolute Gasteiger partial charge is 0.294 e. The summed E-state index contributed by atoms with van der Waals surface area (Å²) in [6, 6.07) is 0. The molecule has 3 heteroatoms. The summed E-state index contributed by atoms with van der Waals surface area (Å²) >= 11 is 0. The summed E-state index contributed by atoms with van der Waals surface area (Å²) in [4.78, 5) is 12.0. The summed E-state index contributed by atoms with van der Waals surface area (Å²) in [5.74, 6) is 3.12. The highest BCUT2D eigenvalue weighted by molar-refractivity contribution is 7.85. The first kappa shape index (κ1) is 22.7. The number of ketones is 1. The van der Waals surface area contributed by atoms with Crippen molar-refractivity contribution in [1.82, 2.24) is 0 Å². The second-order valence-corrected chi connectivity index (χ2v) is 12.3. The summed E-state index contributed by atoms with van der Waals surface area (Å²) in [6.07, 6.45) is 14.6. The smallest absolute Gasteiger partial charge is 0.162 e. The third-order valence-corrected chi connectivity index (χ3v) is 9.79. The normalized spacial score (nSPS) is 35.3. The fourth-order valence-corrected chi connectivity index (χ4v) is 7.34. The lowest BCUT2D eigenvalue weighted by atomic mass is 9.61. The zero-order valence-corrected chi connectivity index (χ0v) is 19.8. The van der Waals surface area contributed by atoms with Gasteiger partial charge in [0, 0.05) is 33.8 Å². The number of Topliss-reactive ketones (excluding diaryl/α,β-unsaturated/α-hetero) is 1. The number of hydrogen-bond acceptors (Lipinski definition) is 2. The maximum Gasteiger partial charge on any atom is 0.162 e. The van der Waals surface area contributed by atoms with Gasteiger partial charge in [0.2, 0.25) is 0 Å². The van der Waals surface area contributed by atoms with Crippen LogP contribution in [0.5, 0.6) is 0 Å². The molecular weight excluding hydrogens is 376 g/mol. The molecule has 0 amide bonds. The summed E-state index contributed by atoms with van der Waals surface area (Å²) in [6.45, 7) is 13.1. The van der Waals surface area contributed by atoms with E-state index in [0.29, 0.717) is 23.7 Å². The number of fused-ring (bicyclic) bond motifs is 1. The highest BCUT2D eigenvalue weighted by Gasteiger charge is 2.50. The molecule has 3 aliphatic rings. The van der Waals surface area contributed by atoms with Crippen LogP contribution in [0.3, 0.4) is 0 Å². The Labute approximate surface area is 180 Å². The summed E-state index contributed by atoms with van der Waals surface area (Å²) < 4.78 is 12.2. The van der Waals surface area contributed by atoms with E-state index in [0.717, 1.165) is 42.1 Å². The second-order valence-electron chi connectivity index (χ2n) is 10.2. The van der Waals surface area contributed by atoms with Gasteiger partial charge in [-0.05, 0) is 80.1 Å². The van der Waals surface area contributed by atoms with Crippen molar-refractivity contribution in [2.24, 2.45) is 23.2 Å². The van der Waals surface area contributed by atoms with E-state index >= 15 is 0 Å². The van der Waals surface area contributed by atoms with Crippen molar-refractivity contribution in [1.29, 1.82) is 0 Å². The number of rotatable bonds is 6. The Morgan fingerprint density at radius 3 is 2.62 bits per heavy atom. The van der Waals surface area contributed by atoms with Gasteiger partial charge in [-0.3, -0.25) is 9.00 Å². The molecule has 0 heterocycles. The lowest BCUT2D eigenvalue weighted by Gasteiger charge is -2.44. The van der Waals surface area contributed by atoms with E-state index in [1.165, 1.54) is 32.1 Å². The van der Waals surface area contributed by atoms with Crippen molar-refractivity contribution in [3.63, 3.8) is 0 Å². The molecule has 2 nitrogen and oxygen atoms in total. The molecule has 3 fully saturated rings. The lowest BCUT2D eigenvalue weighted by molar-refractivity contribution is -0.115. The van der Waals surface area contributed by atoms with E-state index < -0.39 is 10.8 Å². The van der Waals surface area contributed by atoms with Crippen LogP contribution in [0.25, 0.3) is 0 Å². The lowest BCUT2D eigenvalue weighted by Crippen LogP contribution is -2.36. The highest BCUT2D eigenvalue weighted by atomic mass is 32.2. The van der Waals surface area contributed by atoms with Crippen molar-refractivity contribution in [2.45, 2.75) is 90.7 Å². The average Bonchev–Trinajstić information content (AvgIpc) is 3.04. The number of hydrogen-bond donors (Lipinski definition) is 0. The Balaban J connectivity index is 1.72. The van der Waals surface area contributed by atoms with Gasteiger partial charge in [0.05, 0.1) is 0 Å². The Kier molecular flexibility index (Phi) is 7.41. The zero-order chi connectivity index (χ0) is 21.2. The third kappa shape index (κ3) is 4.86. The van der Waals surface area contributed by atoms with E-state index in [9.17, 15) is 9.00 Å². The van der Waals surface area contributed by atoms with Crippen molar-refractivity contribution >= 4 is 16.6 Å². The summed E-state index contributed by atoms with van der Waals surface area (Å²) in [5, 5.41) is 0.271. The SMILES string of the molecule is C=C1C(=O)CCC/C1=C/C=C1\CCCC2(C)C1CCC2[C@H](C)CCS(=O)C(C)C. The highest BCUT2D eigenvalue weighted by Crippen LogP contribution is 2.59. The Morgan fingerprint density at radius 1 is 1.14 bits per heavy atom. The monoisotopic (exact) mass is 416 g/mol. The third-order valence-electron chi connectivity index (χ3n) is 8.10. The fraction of sp³-hybridized carbons (Fsp3) is 0.731. The van der Waals surface area contributed by atoms with Gasteiger partial charge in [0.25, 0.3) is 0 Å². The first-order chi connectivity index (χ1) is 13.7. The first-order valence-corrected chi connectivity index (χ1v) is 13.1. The van der Waals surface area contributed by atoms with Gasteiger partial charge in [-0.1, -0.05) is 52.0 Å². The van der Waals surface area contributed by atoms with Crippen molar-refractivity contribution in [2.75, 3.05) is 5.75 Å². The van der Waals surface area contributed by atoms with Crippen LogP contribution >= 0.6 is 0 Å². The maximum atomic E-state index is 12.2. The van der Waals surface area contributed by atoms with Gasteiger partial charge < -0.3 is 0 Å². The van der Waals surface area contributed by atoms with Crippen LogP contribution in [-0.4, -0.2) is 21.0 Å². The second kappa shape index (κ2) is 9.45. The van der Waals surface area contributed by atoms with Crippen LogP contribution in [0.4, 0.5) is 0 Å². The fourth-order valence-electron chi connectivity index (χ4n) is 6.27. The molecule has 3 aliphatic carbocycles. The van der Waals surface area contributed by atoms with Crippen molar-refractivity contribution in [3.8, 4) is 0 Å². The van der Waals surface area contributed by atoms with E-state index in [2.05, 4.69) is 46.4 Å². The molecule has 3 saturated carbocycles. The van der Waals surface area contributed by atoms with E-state index in [4.69, 9.17) is 0 Å². The van der Waals surface area contributed by atoms with Crippen LogP contribution in [-0.2, 0) is 15.6 Å². The van der Waals surface area contributed by atoms with E-state index in [1.807, 2.05) is 0 Å². The molecule has 29 heavy (non-hydrogen) atoms. The molecular formula is C26H40O2S. The minimum atomic E-state index is -0.690. The van der Waals surface area contributed by atoms with Gasteiger partial charge in [-0.25, -0.2) is 0 Å². The molecule has 0 saturated heterocycles. The number of allylic oxidation sites excluding steroid dienone is 5. The number of carbonyl (C=O) groups is 1. The molecule has 5 atom stereocenters. The molecule has 0 aromatic carbocycles. The van der Waals surface area contributed by atoms with Gasteiger partial charge in [0.1, 0.15) is 0 Å². The predicted molar refractivity (Wildman–Crippen MR) is 124 cm³/mol. The standard InChI is InChI=1S/C26H40O2S/c1-18(2)29(28)17-15-19(3)23-13-14-24-22(9-7-16-26(23,24)5)12-11-21-8-6-10-25(27)20(21)4/h11-12,18-19,23-24H,4,6-10,13-17H2,1-3,5H3/b21-11-,22-12+/t19-,23?,24?,26?,29?/m1/s1. The Hall–Kier alpha value is -0.960. The summed E-state index contributed by atoms with van der Waals surface area (Å²) in [5.41, 5.74) is 3.86. The van der Waals surface area contributed by atoms with Gasteiger partial charge in [-0.2, -0.15) is 0 Å². The minimum absolute atomic E-state index is 0.225. The average molecular weight is 417 g/mol. The van der Waals surface area contributed by atoms with Crippen LogP contribution in [0.2, 0.25) is 0 Å². The van der Waals surface area contributed by atoms with Crippen molar-refractivity contribution < 1.29 is 9.00 Å². The molecule has 162 valence electrons. The molecule has 3 rings (SSSR count). The first-order valence-electron chi connectivity index (χ1n) is 11.7. The molecule has 0 bridgehead atoms. The minimum Gasteiger partial charge on any atom is -0.294 e. The van der Waals surface area contributed by atoms with Crippen molar-refractivity contribution in [3.05, 3.63) is 35.5 Å². The quantitative estimate of drug-likeness (QED) is 0.460. The molecule has 0 spiro atoms. The molecule has 0 aromatic rings. The Bertz CT molecular complexity index is 729. The summed E-state index contributed by atoms with van der Waals surface area (Å²) in [7, 11) is -0.690. The number of carbonyl (C=O) groups excluding carboxylic acids is 1. The molecule has 0 radical (unpaired) electrons. The van der Waals surface area contributed by atoms with Crippen LogP contribution in [0.15, 0.2) is 35.5 Å². The van der Waals surface area contributed by atoms with Crippen LogP contribution < -0.4 is 0 Å². The predicted octanol–water partition coefficient (Wildman–Crippen LogP) is 6.55. The zero-order valence-electron chi connectivity index (χ0n) is 19.0. The van der Waals surface area contributed by atoms with E-state index in [-0.39, 0.29) is 11.0 Å². The molecule has 0 N–H and O–H groups in total. The maximum absolute atomic E-state index is 12.2. The van der Waals surface area contributed by atoms with Crippen LogP contribution in [0.1, 0.15) is 85.5 Å². The van der Waals surface area contributed by atoms with Gasteiger partial charge in [-0.15, -0.1) is 0 Å². The molecule has 4 unspecified atom stereocenters. The molecule has 0 aliphatic heterocycles. The van der Waals surface area contributed by atoms with Crippen LogP contribution in [0, 0.1) is 23.2 Å². The van der Waals surface area contributed by atoms with Gasteiger partial charge >= 0.3 is 0 Å². The Morgan fingerprint density at radius 2 is 1.90 bits per heavy atom. The topological polar surface area (TPSA) is 34.1 Å². The van der Waals surface area contributed by atoms with Gasteiger partial charge in [0.15, 0.2) is 5.78 Å². The van der Waals surface area contributed by atoms with E-state index in [1.54, 1.807) is 5.57 Å². The molecule has 0 aromatic heterocycles.